The predicted molar refractivity (Wildman–Crippen MR) is 116 cm³/mol. The molecule has 2 aromatic heterocycles. The van der Waals surface area contributed by atoms with E-state index in [2.05, 4.69) is 14.9 Å². The lowest BCUT2D eigenvalue weighted by molar-refractivity contribution is -0.119. The number of nitrogens with one attached hydrogen (secondary N) is 1. The third-order valence-electron chi connectivity index (χ3n) is 6.87. The number of rotatable bonds is 6. The molecule has 31 heavy (non-hydrogen) atoms. The molecule has 0 bridgehead atoms. The minimum Gasteiger partial charge on any atom is -0.473 e. The van der Waals surface area contributed by atoms with E-state index >= 15 is 0 Å². The van der Waals surface area contributed by atoms with Crippen molar-refractivity contribution in [2.24, 2.45) is 5.92 Å². The van der Waals surface area contributed by atoms with Gasteiger partial charge in [0.05, 0.1) is 23.1 Å². The Morgan fingerprint density at radius 2 is 2.03 bits per heavy atom. The fourth-order valence-electron chi connectivity index (χ4n) is 4.47. The number of carbonyl (C=O) groups excluding carboxylic acids is 1. The minimum atomic E-state index is -0.643. The molecule has 160 valence electrons. The summed E-state index contributed by atoms with van der Waals surface area (Å²) >= 11 is 0. The summed E-state index contributed by atoms with van der Waals surface area (Å²) in [6.07, 6.45) is 6.17. The predicted octanol–water partition coefficient (Wildman–Crippen LogP) is 3.32. The van der Waals surface area contributed by atoms with Crippen LogP contribution in [0.4, 0.5) is 0 Å². The van der Waals surface area contributed by atoms with Crippen LogP contribution in [0.5, 0.6) is 5.88 Å². The Labute approximate surface area is 180 Å². The van der Waals surface area contributed by atoms with Crippen molar-refractivity contribution in [2.45, 2.75) is 56.8 Å². The van der Waals surface area contributed by atoms with Crippen LogP contribution in [0.15, 0.2) is 36.7 Å². The van der Waals surface area contributed by atoms with Crippen molar-refractivity contribution in [3.8, 4) is 17.1 Å². The molecule has 3 heterocycles. The molecular formula is C24H26N4O3. The van der Waals surface area contributed by atoms with Crippen LogP contribution in [-0.2, 0) is 10.4 Å². The summed E-state index contributed by atoms with van der Waals surface area (Å²) in [7, 11) is 0. The van der Waals surface area contributed by atoms with Gasteiger partial charge in [0.2, 0.25) is 11.8 Å². The average molecular weight is 418 g/mol. The highest BCUT2D eigenvalue weighted by atomic mass is 16.5. The zero-order chi connectivity index (χ0) is 21.2. The van der Waals surface area contributed by atoms with E-state index in [9.17, 15) is 9.90 Å². The lowest BCUT2D eigenvalue weighted by Gasteiger charge is -2.20. The summed E-state index contributed by atoms with van der Waals surface area (Å²) in [5.74, 6) is 0.783. The summed E-state index contributed by atoms with van der Waals surface area (Å²) in [6.45, 7) is 2.64. The molecule has 2 saturated carbocycles. The number of amides is 1. The number of hydrogen-bond donors (Lipinski definition) is 2. The lowest BCUT2D eigenvalue weighted by Crippen LogP contribution is -2.26. The standard InChI is InChI=1S/C24H26N4O3/c1-14(16-10-21(29)25-12-16)31-23-22-20(26-13-28(22)18-6-7-18)11-19(27-23)15-2-4-17(5-3-15)24(30)8-9-24/h2-5,11,13-14,16,18,30H,6-10,12H2,1H3,(H,25,29)/t14-,16?/m1/s1. The van der Waals surface area contributed by atoms with Gasteiger partial charge >= 0.3 is 0 Å². The number of ether oxygens (including phenoxy) is 1. The molecule has 2 N–H and O–H groups in total. The van der Waals surface area contributed by atoms with Gasteiger partial charge in [0.1, 0.15) is 11.6 Å². The number of aliphatic hydroxyl groups is 1. The molecule has 7 heteroatoms. The van der Waals surface area contributed by atoms with Crippen molar-refractivity contribution in [1.29, 1.82) is 0 Å². The zero-order valence-corrected chi connectivity index (χ0v) is 17.5. The van der Waals surface area contributed by atoms with Crippen LogP contribution in [-0.4, -0.2) is 38.2 Å². The summed E-state index contributed by atoms with van der Waals surface area (Å²) < 4.78 is 8.56. The number of aromatic nitrogens is 3. The van der Waals surface area contributed by atoms with Crippen LogP contribution >= 0.6 is 0 Å². The second-order valence-corrected chi connectivity index (χ2v) is 9.26. The van der Waals surface area contributed by atoms with Gasteiger partial charge in [-0.1, -0.05) is 24.3 Å². The van der Waals surface area contributed by atoms with Crippen LogP contribution in [0, 0.1) is 5.92 Å². The minimum absolute atomic E-state index is 0.0766. The number of imidazole rings is 1. The number of carbonyl (C=O) groups is 1. The Kier molecular flexibility index (Phi) is 4.12. The maximum Gasteiger partial charge on any atom is 0.241 e. The summed E-state index contributed by atoms with van der Waals surface area (Å²) in [5.41, 5.74) is 3.87. The van der Waals surface area contributed by atoms with Gasteiger partial charge in [0.25, 0.3) is 0 Å². The zero-order valence-electron chi connectivity index (χ0n) is 17.5. The molecule has 0 spiro atoms. The largest absolute Gasteiger partial charge is 0.473 e. The van der Waals surface area contributed by atoms with Crippen molar-refractivity contribution in [1.82, 2.24) is 19.9 Å². The SMILES string of the molecule is C[C@@H](Oc1nc(-c2ccc(C3(O)CC3)cc2)cc2ncn(C3CC3)c12)C1CNC(=O)C1. The van der Waals surface area contributed by atoms with Crippen molar-refractivity contribution in [2.75, 3.05) is 6.54 Å². The fraction of sp³-hybridized carbons (Fsp3) is 0.458. The van der Waals surface area contributed by atoms with Gasteiger partial charge in [0.15, 0.2) is 0 Å². The molecule has 1 amide bonds. The lowest BCUT2D eigenvalue weighted by atomic mass is 10.0. The van der Waals surface area contributed by atoms with Crippen molar-refractivity contribution >= 4 is 16.9 Å². The molecule has 1 unspecified atom stereocenters. The van der Waals surface area contributed by atoms with Crippen molar-refractivity contribution in [3.63, 3.8) is 0 Å². The number of nitrogens with zero attached hydrogens (tertiary/aromatic N) is 3. The van der Waals surface area contributed by atoms with Crippen LogP contribution in [0.2, 0.25) is 0 Å². The van der Waals surface area contributed by atoms with Gasteiger partial charge in [-0.05, 0) is 44.2 Å². The quantitative estimate of drug-likeness (QED) is 0.641. The fourth-order valence-corrected chi connectivity index (χ4v) is 4.47. The van der Waals surface area contributed by atoms with Gasteiger partial charge in [0, 0.05) is 30.5 Å². The smallest absolute Gasteiger partial charge is 0.241 e. The van der Waals surface area contributed by atoms with Crippen LogP contribution in [0.25, 0.3) is 22.3 Å². The number of hydrogen-bond acceptors (Lipinski definition) is 5. The molecule has 2 atom stereocenters. The van der Waals surface area contributed by atoms with E-state index in [1.54, 1.807) is 0 Å². The molecular weight excluding hydrogens is 392 g/mol. The Hall–Kier alpha value is -2.93. The van der Waals surface area contributed by atoms with Gasteiger partial charge in [-0.2, -0.15) is 0 Å². The van der Waals surface area contributed by atoms with E-state index in [-0.39, 0.29) is 17.9 Å². The third-order valence-corrected chi connectivity index (χ3v) is 6.87. The molecule has 1 saturated heterocycles. The van der Waals surface area contributed by atoms with Gasteiger partial charge < -0.3 is 19.7 Å². The van der Waals surface area contributed by atoms with Crippen molar-refractivity contribution < 1.29 is 14.6 Å². The van der Waals surface area contributed by atoms with Crippen LogP contribution in [0.3, 0.4) is 0 Å². The van der Waals surface area contributed by atoms with E-state index in [0.717, 1.165) is 53.5 Å². The first-order valence-electron chi connectivity index (χ1n) is 11.1. The molecule has 6 rings (SSSR count). The Bertz CT molecular complexity index is 1160. The van der Waals surface area contributed by atoms with E-state index in [4.69, 9.17) is 9.72 Å². The molecule has 1 aromatic carbocycles. The number of fused-ring (bicyclic) bond motifs is 1. The second kappa shape index (κ2) is 6.79. The Morgan fingerprint density at radius 3 is 2.68 bits per heavy atom. The first kappa shape index (κ1) is 18.8. The average Bonchev–Trinajstić information content (AvgIpc) is 3.67. The van der Waals surface area contributed by atoms with Crippen LogP contribution < -0.4 is 10.1 Å². The van der Waals surface area contributed by atoms with E-state index < -0.39 is 5.60 Å². The molecule has 3 fully saturated rings. The highest BCUT2D eigenvalue weighted by molar-refractivity contribution is 5.85. The maximum atomic E-state index is 11.7. The molecule has 7 nitrogen and oxygen atoms in total. The Balaban J connectivity index is 1.38. The highest BCUT2D eigenvalue weighted by Crippen LogP contribution is 2.45. The number of pyridine rings is 1. The summed E-state index contributed by atoms with van der Waals surface area (Å²) in [5, 5.41) is 13.2. The highest BCUT2D eigenvalue weighted by Gasteiger charge is 2.42. The first-order valence-corrected chi connectivity index (χ1v) is 11.1. The topological polar surface area (TPSA) is 89.3 Å². The molecule has 1 aliphatic heterocycles. The maximum absolute atomic E-state index is 11.7. The van der Waals surface area contributed by atoms with Gasteiger partial charge in [-0.25, -0.2) is 9.97 Å². The second-order valence-electron chi connectivity index (χ2n) is 9.26. The molecule has 2 aliphatic carbocycles. The summed E-state index contributed by atoms with van der Waals surface area (Å²) in [4.78, 5) is 21.2. The molecule has 0 radical (unpaired) electrons. The normalized spacial score (nSPS) is 23.0. The van der Waals surface area contributed by atoms with Gasteiger partial charge in [-0.15, -0.1) is 0 Å². The molecule has 3 aromatic rings. The first-order chi connectivity index (χ1) is 15.0. The summed E-state index contributed by atoms with van der Waals surface area (Å²) in [6, 6.07) is 10.4. The van der Waals surface area contributed by atoms with Crippen LogP contribution in [0.1, 0.15) is 50.6 Å². The van der Waals surface area contributed by atoms with Crippen molar-refractivity contribution in [3.05, 3.63) is 42.2 Å². The molecule has 3 aliphatic rings. The third kappa shape index (κ3) is 3.37. The number of benzene rings is 1. The van der Waals surface area contributed by atoms with E-state index in [1.165, 1.54) is 0 Å². The monoisotopic (exact) mass is 418 g/mol. The Morgan fingerprint density at radius 1 is 1.26 bits per heavy atom. The van der Waals surface area contributed by atoms with E-state index in [0.29, 0.717) is 24.9 Å². The van der Waals surface area contributed by atoms with Gasteiger partial charge in [-0.3, -0.25) is 4.79 Å². The van der Waals surface area contributed by atoms with E-state index in [1.807, 2.05) is 43.6 Å².